The van der Waals surface area contributed by atoms with E-state index in [1.807, 2.05) is 32.0 Å². The number of nitrogens with zero attached hydrogens (tertiary/aromatic N) is 1. The van der Waals surface area contributed by atoms with Crippen LogP contribution in [0.15, 0.2) is 38.3 Å². The molecule has 0 aliphatic rings. The molecule has 0 fully saturated rings. The largest absolute Gasteiger partial charge is 0.329 e. The fourth-order valence-corrected chi connectivity index (χ4v) is 3.15. The molecule has 0 bridgehead atoms. The maximum Gasteiger partial charge on any atom is 0.329 e. The van der Waals surface area contributed by atoms with Crippen LogP contribution in [0.4, 0.5) is 0 Å². The van der Waals surface area contributed by atoms with E-state index in [9.17, 15) is 9.59 Å². The van der Waals surface area contributed by atoms with Gasteiger partial charge in [-0.15, -0.1) is 0 Å². The van der Waals surface area contributed by atoms with Crippen molar-refractivity contribution < 1.29 is 0 Å². The van der Waals surface area contributed by atoms with Crippen LogP contribution in [0.1, 0.15) is 32.7 Å². The Bertz CT molecular complexity index is 763. The minimum Gasteiger partial charge on any atom is -0.297 e. The van der Waals surface area contributed by atoms with E-state index in [4.69, 9.17) is 11.6 Å². The summed E-state index contributed by atoms with van der Waals surface area (Å²) in [6.45, 7) is 3.90. The molecule has 4 nitrogen and oxygen atoms in total. The molecular formula is C15H16BrClN2O2. The molecule has 1 N–H and O–H groups in total. The number of rotatable bonds is 4. The zero-order valence-corrected chi connectivity index (χ0v) is 14.2. The fourth-order valence-electron chi connectivity index (χ4n) is 2.41. The van der Waals surface area contributed by atoms with Gasteiger partial charge in [0.15, 0.2) is 0 Å². The maximum absolute atomic E-state index is 12.8. The minimum absolute atomic E-state index is 0.0686. The van der Waals surface area contributed by atoms with Gasteiger partial charge in [-0.1, -0.05) is 59.6 Å². The van der Waals surface area contributed by atoms with Gasteiger partial charge in [0, 0.05) is 16.1 Å². The molecule has 0 spiro atoms. The summed E-state index contributed by atoms with van der Waals surface area (Å²) in [6.07, 6.45) is 1.41. The van der Waals surface area contributed by atoms with Crippen molar-refractivity contribution in [3.63, 3.8) is 0 Å². The van der Waals surface area contributed by atoms with Crippen LogP contribution >= 0.6 is 27.5 Å². The third kappa shape index (κ3) is 2.99. The first kappa shape index (κ1) is 16.0. The third-order valence-corrected chi connectivity index (χ3v) is 4.51. The van der Waals surface area contributed by atoms with Gasteiger partial charge in [0.1, 0.15) is 5.15 Å². The molecule has 0 atom stereocenters. The lowest BCUT2D eigenvalue weighted by molar-refractivity contribution is 0.440. The summed E-state index contributed by atoms with van der Waals surface area (Å²) in [5.74, 6) is 0. The molecule has 0 aliphatic carbocycles. The Morgan fingerprint density at radius 3 is 2.43 bits per heavy atom. The first-order chi connectivity index (χ1) is 10.0. The highest BCUT2D eigenvalue weighted by molar-refractivity contribution is 9.10. The molecule has 2 aromatic rings. The summed E-state index contributed by atoms with van der Waals surface area (Å²) in [5.41, 5.74) is 0.165. The van der Waals surface area contributed by atoms with Gasteiger partial charge in [0.25, 0.3) is 5.56 Å². The molecule has 112 valence electrons. The van der Waals surface area contributed by atoms with Crippen LogP contribution in [0.2, 0.25) is 5.15 Å². The van der Waals surface area contributed by atoms with E-state index in [1.165, 1.54) is 4.57 Å². The van der Waals surface area contributed by atoms with Crippen molar-refractivity contribution in [1.82, 2.24) is 9.55 Å². The van der Waals surface area contributed by atoms with E-state index in [1.54, 1.807) is 6.07 Å². The van der Waals surface area contributed by atoms with Gasteiger partial charge < -0.3 is 0 Å². The van der Waals surface area contributed by atoms with Crippen molar-refractivity contribution in [2.45, 2.75) is 32.7 Å². The molecular weight excluding hydrogens is 356 g/mol. The number of benzene rings is 1. The summed E-state index contributed by atoms with van der Waals surface area (Å²) >= 11 is 9.53. The van der Waals surface area contributed by atoms with Gasteiger partial charge in [0.2, 0.25) is 0 Å². The zero-order valence-electron chi connectivity index (χ0n) is 11.8. The quantitative estimate of drug-likeness (QED) is 0.827. The Hall–Kier alpha value is -1.33. The first-order valence-electron chi connectivity index (χ1n) is 6.80. The van der Waals surface area contributed by atoms with E-state index in [2.05, 4.69) is 20.9 Å². The van der Waals surface area contributed by atoms with E-state index in [-0.39, 0.29) is 16.8 Å². The molecule has 0 aliphatic heterocycles. The summed E-state index contributed by atoms with van der Waals surface area (Å²) in [4.78, 5) is 27.4. The molecule has 0 amide bonds. The number of hydrogen-bond donors (Lipinski definition) is 1. The standard InChI is InChI=1S/C15H16BrClN2O2/c1-3-9(4-2)19-14(20)12(13(17)18-15(19)21)10-7-5-6-8-11(10)16/h5-9H,3-4H2,1-2H3,(H,18,21). The number of aromatic nitrogens is 2. The average molecular weight is 372 g/mol. The Morgan fingerprint density at radius 1 is 1.24 bits per heavy atom. The summed E-state index contributed by atoms with van der Waals surface area (Å²) in [7, 11) is 0. The lowest BCUT2D eigenvalue weighted by Crippen LogP contribution is -2.38. The predicted molar refractivity (Wildman–Crippen MR) is 89.1 cm³/mol. The van der Waals surface area contributed by atoms with Crippen LogP contribution in [0.25, 0.3) is 11.1 Å². The van der Waals surface area contributed by atoms with Gasteiger partial charge >= 0.3 is 5.69 Å². The highest BCUT2D eigenvalue weighted by Crippen LogP contribution is 2.29. The molecule has 1 aromatic heterocycles. The van der Waals surface area contributed by atoms with Crippen molar-refractivity contribution in [2.24, 2.45) is 0 Å². The second-order valence-corrected chi connectivity index (χ2v) is 5.98. The average Bonchev–Trinajstić information content (AvgIpc) is 2.45. The Labute approximate surface area is 135 Å². The van der Waals surface area contributed by atoms with Crippen LogP contribution < -0.4 is 11.2 Å². The Morgan fingerprint density at radius 2 is 1.86 bits per heavy atom. The molecule has 2 rings (SSSR count). The normalized spacial score (nSPS) is 11.1. The highest BCUT2D eigenvalue weighted by atomic mass is 79.9. The maximum atomic E-state index is 12.8. The van der Waals surface area contributed by atoms with Crippen LogP contribution in [0.3, 0.4) is 0 Å². The third-order valence-electron chi connectivity index (χ3n) is 3.54. The van der Waals surface area contributed by atoms with Crippen molar-refractivity contribution >= 4 is 27.5 Å². The molecule has 0 saturated heterocycles. The van der Waals surface area contributed by atoms with Crippen LogP contribution in [-0.4, -0.2) is 9.55 Å². The SMILES string of the molecule is CCC(CC)n1c(=O)[nH]c(Cl)c(-c2ccccc2Br)c1=O. The van der Waals surface area contributed by atoms with Gasteiger partial charge in [-0.2, -0.15) is 0 Å². The fraction of sp³-hybridized carbons (Fsp3) is 0.333. The van der Waals surface area contributed by atoms with E-state index in [0.717, 1.165) is 4.47 Å². The van der Waals surface area contributed by atoms with Crippen LogP contribution in [0, 0.1) is 0 Å². The monoisotopic (exact) mass is 370 g/mol. The minimum atomic E-state index is -0.463. The number of halogens is 2. The Balaban J connectivity index is 2.80. The lowest BCUT2D eigenvalue weighted by Gasteiger charge is -2.17. The smallest absolute Gasteiger partial charge is 0.297 e. The first-order valence-corrected chi connectivity index (χ1v) is 7.97. The Kier molecular flexibility index (Phi) is 5.06. The highest BCUT2D eigenvalue weighted by Gasteiger charge is 2.20. The van der Waals surface area contributed by atoms with E-state index >= 15 is 0 Å². The molecule has 0 saturated carbocycles. The van der Waals surface area contributed by atoms with Gasteiger partial charge in [0.05, 0.1) is 5.56 Å². The summed E-state index contributed by atoms with van der Waals surface area (Å²) < 4.78 is 2.02. The predicted octanol–water partition coefficient (Wildman–Crippen LogP) is 3.98. The van der Waals surface area contributed by atoms with Crippen molar-refractivity contribution in [1.29, 1.82) is 0 Å². The topological polar surface area (TPSA) is 54.9 Å². The number of hydrogen-bond acceptors (Lipinski definition) is 2. The van der Waals surface area contributed by atoms with E-state index in [0.29, 0.717) is 24.0 Å². The second-order valence-electron chi connectivity index (χ2n) is 4.74. The van der Waals surface area contributed by atoms with Gasteiger partial charge in [-0.25, -0.2) is 4.79 Å². The van der Waals surface area contributed by atoms with Gasteiger partial charge in [-0.05, 0) is 18.9 Å². The molecule has 0 radical (unpaired) electrons. The molecule has 1 aromatic carbocycles. The summed E-state index contributed by atoms with van der Waals surface area (Å²) in [5, 5.41) is 0.0686. The van der Waals surface area contributed by atoms with Crippen LogP contribution in [0.5, 0.6) is 0 Å². The number of aromatic amines is 1. The second kappa shape index (κ2) is 6.62. The number of nitrogens with one attached hydrogen (secondary N) is 1. The van der Waals surface area contributed by atoms with Crippen molar-refractivity contribution in [3.05, 3.63) is 54.7 Å². The molecule has 21 heavy (non-hydrogen) atoms. The van der Waals surface area contributed by atoms with Crippen LogP contribution in [-0.2, 0) is 0 Å². The summed E-state index contributed by atoms with van der Waals surface area (Å²) in [6, 6.07) is 7.16. The lowest BCUT2D eigenvalue weighted by atomic mass is 10.1. The van der Waals surface area contributed by atoms with Crippen molar-refractivity contribution in [3.8, 4) is 11.1 Å². The molecule has 6 heteroatoms. The molecule has 1 heterocycles. The van der Waals surface area contributed by atoms with E-state index < -0.39 is 5.69 Å². The number of H-pyrrole nitrogens is 1. The molecule has 0 unspecified atom stereocenters. The van der Waals surface area contributed by atoms with Crippen molar-refractivity contribution in [2.75, 3.05) is 0 Å². The van der Waals surface area contributed by atoms with Gasteiger partial charge in [-0.3, -0.25) is 14.3 Å². The zero-order chi connectivity index (χ0) is 15.6.